The van der Waals surface area contributed by atoms with Crippen LogP contribution in [0.25, 0.3) is 0 Å². The first-order chi connectivity index (χ1) is 11.1. The topological polar surface area (TPSA) is 77.9 Å². The van der Waals surface area contributed by atoms with E-state index in [2.05, 4.69) is 0 Å². The third-order valence-electron chi connectivity index (χ3n) is 4.08. The molecule has 0 spiro atoms. The Morgan fingerprint density at radius 1 is 1.29 bits per heavy atom. The number of aliphatic hydroxyl groups is 1. The fourth-order valence-corrected chi connectivity index (χ4v) is 3.74. The maximum atomic E-state index is 13.2. The Balaban J connectivity index is 2.00. The minimum absolute atomic E-state index is 0.0239. The van der Waals surface area contributed by atoms with Gasteiger partial charge >= 0.3 is 0 Å². The molecule has 1 aliphatic rings. The van der Waals surface area contributed by atoms with Crippen LogP contribution in [0, 0.1) is 17.6 Å². The van der Waals surface area contributed by atoms with E-state index in [1.807, 2.05) is 0 Å². The number of benzene rings is 1. The van der Waals surface area contributed by atoms with Gasteiger partial charge < -0.3 is 10.0 Å². The second kappa shape index (κ2) is 7.12. The molecule has 2 atom stereocenters. The quantitative estimate of drug-likeness (QED) is 0.813. The average Bonchev–Trinajstić information content (AvgIpc) is 2.83. The minimum Gasteiger partial charge on any atom is -0.391 e. The Bertz CT molecular complexity index is 724. The molecule has 134 valence electrons. The molecule has 0 radical (unpaired) electrons. The number of amides is 1. The minimum atomic E-state index is -3.49. The number of carbonyl (C=O) groups is 1. The van der Waals surface area contributed by atoms with Crippen LogP contribution < -0.4 is 0 Å². The van der Waals surface area contributed by atoms with Crippen molar-refractivity contribution in [3.05, 3.63) is 35.4 Å². The molecule has 1 N–H and O–H groups in total. The molecule has 1 fully saturated rings. The summed E-state index contributed by atoms with van der Waals surface area (Å²) in [5.74, 6) is -3.22. The Morgan fingerprint density at radius 2 is 1.96 bits per heavy atom. The van der Waals surface area contributed by atoms with E-state index >= 15 is 0 Å². The molecule has 9 heteroatoms. The molecule has 0 saturated carbocycles. The van der Waals surface area contributed by atoms with Gasteiger partial charge in [-0.2, -0.15) is 0 Å². The van der Waals surface area contributed by atoms with E-state index in [-0.39, 0.29) is 31.2 Å². The maximum Gasteiger partial charge on any atom is 0.227 e. The van der Waals surface area contributed by atoms with Crippen LogP contribution in [-0.4, -0.2) is 67.7 Å². The van der Waals surface area contributed by atoms with Crippen LogP contribution in [0.2, 0.25) is 0 Å². The molecule has 2 rings (SSSR count). The smallest absolute Gasteiger partial charge is 0.227 e. The molecule has 1 heterocycles. The second-order valence-corrected chi connectivity index (χ2v) is 8.34. The number of halogens is 2. The van der Waals surface area contributed by atoms with Gasteiger partial charge in [-0.1, -0.05) is 6.07 Å². The zero-order chi connectivity index (χ0) is 18.1. The molecule has 1 aromatic rings. The molecule has 6 nitrogen and oxygen atoms in total. The van der Waals surface area contributed by atoms with Gasteiger partial charge in [-0.15, -0.1) is 0 Å². The summed E-state index contributed by atoms with van der Waals surface area (Å²) in [5, 5.41) is 10.0. The fraction of sp³-hybridized carbons (Fsp3) is 0.533. The van der Waals surface area contributed by atoms with Crippen molar-refractivity contribution >= 4 is 15.9 Å². The highest BCUT2D eigenvalue weighted by Crippen LogP contribution is 2.21. The summed E-state index contributed by atoms with van der Waals surface area (Å²) in [4.78, 5) is 13.6. The highest BCUT2D eigenvalue weighted by atomic mass is 32.2. The van der Waals surface area contributed by atoms with E-state index in [0.29, 0.717) is 5.56 Å². The van der Waals surface area contributed by atoms with Gasteiger partial charge in [0.25, 0.3) is 0 Å². The molecular weight excluding hydrogens is 342 g/mol. The van der Waals surface area contributed by atoms with Crippen LogP contribution in [0.3, 0.4) is 0 Å². The molecule has 24 heavy (non-hydrogen) atoms. The highest BCUT2D eigenvalue weighted by Gasteiger charge is 2.37. The van der Waals surface area contributed by atoms with Crippen molar-refractivity contribution in [2.24, 2.45) is 5.92 Å². The van der Waals surface area contributed by atoms with E-state index in [1.165, 1.54) is 25.1 Å². The highest BCUT2D eigenvalue weighted by molar-refractivity contribution is 7.89. The van der Waals surface area contributed by atoms with Crippen molar-refractivity contribution in [1.82, 2.24) is 9.21 Å². The van der Waals surface area contributed by atoms with Gasteiger partial charge in [-0.25, -0.2) is 21.5 Å². The molecule has 1 amide bonds. The Labute approximate surface area is 139 Å². The average molecular weight is 362 g/mol. The largest absolute Gasteiger partial charge is 0.391 e. The summed E-state index contributed by atoms with van der Waals surface area (Å²) in [6.07, 6.45) is -1.08. The summed E-state index contributed by atoms with van der Waals surface area (Å²) in [5.41, 5.74) is 0.317. The monoisotopic (exact) mass is 362 g/mol. The molecule has 0 aromatic heterocycles. The number of likely N-dealkylation sites (tertiary alicyclic amines) is 1. The van der Waals surface area contributed by atoms with Crippen LogP contribution in [-0.2, 0) is 21.2 Å². The number of aliphatic hydroxyl groups excluding tert-OH is 1. The lowest BCUT2D eigenvalue weighted by atomic mass is 10.1. The van der Waals surface area contributed by atoms with E-state index in [0.717, 1.165) is 16.4 Å². The summed E-state index contributed by atoms with van der Waals surface area (Å²) in [6.45, 7) is 0.132. The number of carbonyl (C=O) groups excluding carboxylic acids is 1. The van der Waals surface area contributed by atoms with Gasteiger partial charge in [0.05, 0.1) is 18.3 Å². The summed E-state index contributed by atoms with van der Waals surface area (Å²) >= 11 is 0. The normalized spacial score (nSPS) is 21.5. The third-order valence-corrected chi connectivity index (χ3v) is 6.04. The lowest BCUT2D eigenvalue weighted by molar-refractivity contribution is -0.129. The second-order valence-electron chi connectivity index (χ2n) is 6.11. The van der Waals surface area contributed by atoms with E-state index < -0.39 is 33.7 Å². The summed E-state index contributed by atoms with van der Waals surface area (Å²) in [6, 6.07) is 3.22. The molecule has 0 unspecified atom stereocenters. The summed E-state index contributed by atoms with van der Waals surface area (Å²) < 4.78 is 51.0. The number of hydrogen-bond acceptors (Lipinski definition) is 4. The van der Waals surface area contributed by atoms with Crippen LogP contribution >= 0.6 is 0 Å². The molecule has 0 aliphatic carbocycles. The molecule has 1 aromatic carbocycles. The molecule has 1 saturated heterocycles. The van der Waals surface area contributed by atoms with Gasteiger partial charge in [0, 0.05) is 33.1 Å². The van der Waals surface area contributed by atoms with Gasteiger partial charge in [0.1, 0.15) is 0 Å². The molecular formula is C15H20F2N2O4S. The fourth-order valence-electron chi connectivity index (χ4n) is 2.58. The van der Waals surface area contributed by atoms with Crippen molar-refractivity contribution in [1.29, 1.82) is 0 Å². The van der Waals surface area contributed by atoms with Gasteiger partial charge in [0.2, 0.25) is 15.9 Å². The van der Waals surface area contributed by atoms with E-state index in [9.17, 15) is 27.1 Å². The Morgan fingerprint density at radius 3 is 2.54 bits per heavy atom. The van der Waals surface area contributed by atoms with Crippen molar-refractivity contribution in [3.63, 3.8) is 0 Å². The van der Waals surface area contributed by atoms with E-state index in [4.69, 9.17) is 0 Å². The first-order valence-corrected chi connectivity index (χ1v) is 9.01. The van der Waals surface area contributed by atoms with Crippen molar-refractivity contribution < 1.29 is 27.1 Å². The van der Waals surface area contributed by atoms with Gasteiger partial charge in [0.15, 0.2) is 11.6 Å². The first-order valence-electron chi connectivity index (χ1n) is 7.40. The number of nitrogens with zero attached hydrogens (tertiary/aromatic N) is 2. The lowest BCUT2D eigenvalue weighted by Gasteiger charge is -2.18. The maximum absolute atomic E-state index is 13.2. The third kappa shape index (κ3) is 4.28. The lowest BCUT2D eigenvalue weighted by Crippen LogP contribution is -2.34. The number of hydrogen-bond donors (Lipinski definition) is 1. The van der Waals surface area contributed by atoms with E-state index in [1.54, 1.807) is 0 Å². The predicted molar refractivity (Wildman–Crippen MR) is 83.6 cm³/mol. The van der Waals surface area contributed by atoms with Crippen LogP contribution in [0.15, 0.2) is 18.2 Å². The Hall–Kier alpha value is -1.58. The van der Waals surface area contributed by atoms with Gasteiger partial charge in [-0.05, 0) is 17.7 Å². The van der Waals surface area contributed by atoms with Crippen molar-refractivity contribution in [2.75, 3.05) is 32.9 Å². The van der Waals surface area contributed by atoms with Crippen LogP contribution in [0.1, 0.15) is 5.56 Å². The zero-order valence-electron chi connectivity index (χ0n) is 13.4. The van der Waals surface area contributed by atoms with Crippen LogP contribution in [0.4, 0.5) is 8.78 Å². The standard InChI is InChI=1S/C15H20F2N2O4S/c1-18(2)24(22,23)9-11-7-19(8-14(11)20)15(21)6-10-3-4-12(16)13(17)5-10/h3-5,11,14,20H,6-9H2,1-2H3/t11-,14+/m0/s1. The number of rotatable bonds is 5. The number of sulfonamides is 1. The SMILES string of the molecule is CN(C)S(=O)(=O)C[C@@H]1CN(C(=O)Cc2ccc(F)c(F)c2)C[C@H]1O. The van der Waals surface area contributed by atoms with Crippen LogP contribution in [0.5, 0.6) is 0 Å². The molecule has 0 bridgehead atoms. The Kier molecular flexibility index (Phi) is 5.56. The first kappa shape index (κ1) is 18.8. The van der Waals surface area contributed by atoms with Crippen molar-refractivity contribution in [3.8, 4) is 0 Å². The van der Waals surface area contributed by atoms with Gasteiger partial charge in [-0.3, -0.25) is 4.79 Å². The predicted octanol–water partition coefficient (Wildman–Crippen LogP) is 0.218. The molecule has 1 aliphatic heterocycles. The zero-order valence-corrected chi connectivity index (χ0v) is 14.3. The van der Waals surface area contributed by atoms with Crippen molar-refractivity contribution in [2.45, 2.75) is 12.5 Å². The number of β-amino-alcohol motifs (C(OH)–C–C–N with tert-alkyl or cyclic N) is 1. The summed E-state index contributed by atoms with van der Waals surface area (Å²) in [7, 11) is -0.678.